The molecule has 0 amide bonds. The van der Waals surface area contributed by atoms with E-state index in [2.05, 4.69) is 11.9 Å². The van der Waals surface area contributed by atoms with Crippen LogP contribution in [0.2, 0.25) is 0 Å². The van der Waals surface area contributed by atoms with Gasteiger partial charge in [0.1, 0.15) is 11.5 Å². The van der Waals surface area contributed by atoms with E-state index < -0.39 is 0 Å². The van der Waals surface area contributed by atoms with Gasteiger partial charge in [0.2, 0.25) is 5.89 Å². The standard InChI is InChI=1S/C21H23NO3S/c1-2-12-23-19-10-8-17(9-11-19)20-15-22-21(25-20)16-26-14-13-24-18-6-4-3-5-7-18/h3-11,15H,2,12-14,16H2,1H3. The molecule has 3 aromatic rings. The molecule has 3 rings (SSSR count). The van der Waals surface area contributed by atoms with Crippen molar-refractivity contribution < 1.29 is 13.9 Å². The molecule has 136 valence electrons. The molecule has 5 heteroatoms. The van der Waals surface area contributed by atoms with Gasteiger partial charge in [-0.1, -0.05) is 25.1 Å². The van der Waals surface area contributed by atoms with Gasteiger partial charge in [-0.25, -0.2) is 4.98 Å². The second-order valence-corrected chi connectivity index (χ2v) is 6.81. The van der Waals surface area contributed by atoms with Crippen LogP contribution in [0.25, 0.3) is 11.3 Å². The zero-order chi connectivity index (χ0) is 18.0. The van der Waals surface area contributed by atoms with Crippen molar-refractivity contribution >= 4 is 11.8 Å². The normalized spacial score (nSPS) is 10.7. The first kappa shape index (κ1) is 18.4. The lowest BCUT2D eigenvalue weighted by Crippen LogP contribution is -2.00. The number of oxazole rings is 1. The maximum atomic E-state index is 5.84. The Hall–Kier alpha value is -2.40. The van der Waals surface area contributed by atoms with Gasteiger partial charge < -0.3 is 13.9 Å². The summed E-state index contributed by atoms with van der Waals surface area (Å²) in [5.41, 5.74) is 1.00. The Morgan fingerprint density at radius 2 is 1.65 bits per heavy atom. The molecule has 0 spiro atoms. The Kier molecular flexibility index (Phi) is 7.02. The molecule has 0 aliphatic rings. The first-order valence-electron chi connectivity index (χ1n) is 8.78. The summed E-state index contributed by atoms with van der Waals surface area (Å²) in [5, 5.41) is 0. The first-order chi connectivity index (χ1) is 12.8. The molecule has 4 nitrogen and oxygen atoms in total. The van der Waals surface area contributed by atoms with Gasteiger partial charge >= 0.3 is 0 Å². The third-order valence-corrected chi connectivity index (χ3v) is 4.54. The van der Waals surface area contributed by atoms with E-state index >= 15 is 0 Å². The number of hydrogen-bond acceptors (Lipinski definition) is 5. The smallest absolute Gasteiger partial charge is 0.204 e. The number of thioether (sulfide) groups is 1. The predicted octanol–water partition coefficient (Wildman–Crippen LogP) is 5.44. The lowest BCUT2D eigenvalue weighted by atomic mass is 10.2. The van der Waals surface area contributed by atoms with Gasteiger partial charge in [-0.05, 0) is 42.8 Å². The summed E-state index contributed by atoms with van der Waals surface area (Å²) in [6.07, 6.45) is 2.78. The van der Waals surface area contributed by atoms with Gasteiger partial charge in [-0.15, -0.1) is 11.8 Å². The number of ether oxygens (including phenoxy) is 2. The van der Waals surface area contributed by atoms with Crippen molar-refractivity contribution in [2.75, 3.05) is 19.0 Å². The summed E-state index contributed by atoms with van der Waals surface area (Å²) in [6.45, 7) is 3.49. The van der Waals surface area contributed by atoms with Gasteiger partial charge in [0, 0.05) is 11.3 Å². The molecule has 0 saturated heterocycles. The van der Waals surface area contributed by atoms with Gasteiger partial charge in [0.25, 0.3) is 0 Å². The van der Waals surface area contributed by atoms with Crippen LogP contribution < -0.4 is 9.47 Å². The summed E-state index contributed by atoms with van der Waals surface area (Å²) in [7, 11) is 0. The van der Waals surface area contributed by atoms with Crippen LogP contribution in [0, 0.1) is 0 Å². The minimum absolute atomic E-state index is 0.668. The number of aromatic nitrogens is 1. The number of nitrogens with zero attached hydrogens (tertiary/aromatic N) is 1. The monoisotopic (exact) mass is 369 g/mol. The fourth-order valence-corrected chi connectivity index (χ4v) is 2.99. The zero-order valence-corrected chi connectivity index (χ0v) is 15.7. The molecular formula is C21H23NO3S. The lowest BCUT2D eigenvalue weighted by Gasteiger charge is -2.05. The molecule has 0 aliphatic carbocycles. The Morgan fingerprint density at radius 3 is 2.42 bits per heavy atom. The molecule has 0 radical (unpaired) electrons. The van der Waals surface area contributed by atoms with Gasteiger partial charge in [0.05, 0.1) is 25.2 Å². The molecule has 1 heterocycles. The topological polar surface area (TPSA) is 44.5 Å². The Morgan fingerprint density at radius 1 is 0.923 bits per heavy atom. The largest absolute Gasteiger partial charge is 0.494 e. The highest BCUT2D eigenvalue weighted by Crippen LogP contribution is 2.24. The number of hydrogen-bond donors (Lipinski definition) is 0. The average Bonchev–Trinajstić information content (AvgIpc) is 3.16. The number of para-hydroxylation sites is 1. The Bertz CT molecular complexity index is 771. The molecule has 0 aliphatic heterocycles. The molecule has 0 bridgehead atoms. The van der Waals surface area contributed by atoms with Crippen LogP contribution in [-0.4, -0.2) is 24.0 Å². The van der Waals surface area contributed by atoms with Crippen molar-refractivity contribution in [3.05, 3.63) is 66.7 Å². The number of benzene rings is 2. The van der Waals surface area contributed by atoms with Crippen molar-refractivity contribution in [1.29, 1.82) is 0 Å². The second-order valence-electron chi connectivity index (χ2n) is 5.71. The minimum Gasteiger partial charge on any atom is -0.494 e. The average molecular weight is 369 g/mol. The van der Waals surface area contributed by atoms with Crippen LogP contribution in [0.15, 0.2) is 65.2 Å². The molecule has 2 aromatic carbocycles. The van der Waals surface area contributed by atoms with E-state index in [4.69, 9.17) is 13.9 Å². The highest BCUT2D eigenvalue weighted by atomic mass is 32.2. The number of rotatable bonds is 10. The predicted molar refractivity (Wildman–Crippen MR) is 106 cm³/mol. The van der Waals surface area contributed by atoms with E-state index in [1.54, 1.807) is 18.0 Å². The van der Waals surface area contributed by atoms with Gasteiger partial charge in [-0.2, -0.15) is 0 Å². The third kappa shape index (κ3) is 5.56. The fraction of sp³-hybridized carbons (Fsp3) is 0.286. The van der Waals surface area contributed by atoms with Crippen LogP contribution >= 0.6 is 11.8 Å². The second kappa shape index (κ2) is 9.92. The van der Waals surface area contributed by atoms with Crippen molar-refractivity contribution in [2.45, 2.75) is 19.1 Å². The summed E-state index contributed by atoms with van der Waals surface area (Å²) in [6, 6.07) is 17.8. The molecule has 26 heavy (non-hydrogen) atoms. The van der Waals surface area contributed by atoms with Crippen LogP contribution in [0.3, 0.4) is 0 Å². The molecular weight excluding hydrogens is 346 g/mol. The van der Waals surface area contributed by atoms with Crippen molar-refractivity contribution in [1.82, 2.24) is 4.98 Å². The lowest BCUT2D eigenvalue weighted by molar-refractivity contribution is 0.317. The highest BCUT2D eigenvalue weighted by Gasteiger charge is 2.07. The van der Waals surface area contributed by atoms with Crippen molar-refractivity contribution in [3.63, 3.8) is 0 Å². The van der Waals surface area contributed by atoms with E-state index in [0.29, 0.717) is 6.61 Å². The molecule has 0 atom stereocenters. The van der Waals surface area contributed by atoms with Crippen molar-refractivity contribution in [3.8, 4) is 22.8 Å². The van der Waals surface area contributed by atoms with Gasteiger partial charge in [0.15, 0.2) is 5.76 Å². The van der Waals surface area contributed by atoms with E-state index in [1.165, 1.54) is 0 Å². The van der Waals surface area contributed by atoms with Crippen LogP contribution in [-0.2, 0) is 5.75 Å². The maximum Gasteiger partial charge on any atom is 0.204 e. The molecule has 0 fully saturated rings. The molecule has 0 N–H and O–H groups in total. The third-order valence-electron chi connectivity index (χ3n) is 3.63. The summed E-state index contributed by atoms with van der Waals surface area (Å²) in [5.74, 6) is 4.91. The maximum absolute atomic E-state index is 5.84. The molecule has 1 aromatic heterocycles. The summed E-state index contributed by atoms with van der Waals surface area (Å²) < 4.78 is 17.1. The fourth-order valence-electron chi connectivity index (χ4n) is 2.34. The quantitative estimate of drug-likeness (QED) is 0.445. The Labute approximate surface area is 158 Å². The van der Waals surface area contributed by atoms with E-state index in [-0.39, 0.29) is 0 Å². The summed E-state index contributed by atoms with van der Waals surface area (Å²) in [4.78, 5) is 4.36. The van der Waals surface area contributed by atoms with E-state index in [0.717, 1.165) is 53.2 Å². The summed E-state index contributed by atoms with van der Waals surface area (Å²) >= 11 is 1.74. The van der Waals surface area contributed by atoms with Crippen LogP contribution in [0.5, 0.6) is 11.5 Å². The first-order valence-corrected chi connectivity index (χ1v) is 9.94. The SMILES string of the molecule is CCCOc1ccc(-c2cnc(CSCCOc3ccccc3)o2)cc1. The van der Waals surface area contributed by atoms with Crippen LogP contribution in [0.1, 0.15) is 19.2 Å². The highest BCUT2D eigenvalue weighted by molar-refractivity contribution is 7.98. The van der Waals surface area contributed by atoms with E-state index in [9.17, 15) is 0 Å². The molecule has 0 unspecified atom stereocenters. The zero-order valence-electron chi connectivity index (χ0n) is 14.9. The van der Waals surface area contributed by atoms with Crippen molar-refractivity contribution in [2.24, 2.45) is 0 Å². The van der Waals surface area contributed by atoms with Gasteiger partial charge in [-0.3, -0.25) is 0 Å². The molecule has 0 saturated carbocycles. The van der Waals surface area contributed by atoms with Crippen LogP contribution in [0.4, 0.5) is 0 Å². The Balaban J connectivity index is 1.43. The van der Waals surface area contributed by atoms with E-state index in [1.807, 2.05) is 54.6 Å². The minimum atomic E-state index is 0.668.